The molecule has 15 aromatic rings. The van der Waals surface area contributed by atoms with Gasteiger partial charge in [-0.05, 0) is 57.8 Å². The summed E-state index contributed by atoms with van der Waals surface area (Å²) in [6.45, 7) is 0. The van der Waals surface area contributed by atoms with E-state index >= 15 is 0 Å². The summed E-state index contributed by atoms with van der Waals surface area (Å²) in [4.78, 5) is 27.9. The van der Waals surface area contributed by atoms with Gasteiger partial charge in [-0.25, -0.2) is 15.0 Å². The van der Waals surface area contributed by atoms with Crippen molar-refractivity contribution in [3.05, 3.63) is 237 Å². The summed E-state index contributed by atoms with van der Waals surface area (Å²) in [5, 5.41) is 8.99. The van der Waals surface area contributed by atoms with E-state index in [4.69, 9.17) is 24.9 Å². The first-order valence-corrected chi connectivity index (χ1v) is 25.2. The number of hydrogen-bond acceptors (Lipinski definition) is 6. The summed E-state index contributed by atoms with van der Waals surface area (Å²) < 4.78 is 5.67. The fourth-order valence-corrected chi connectivity index (χ4v) is 12.0. The number of para-hydroxylation sites is 1. The van der Waals surface area contributed by atoms with E-state index in [1.807, 2.05) is 36.4 Å². The number of aromatic nitrogens is 7. The molecule has 340 valence electrons. The van der Waals surface area contributed by atoms with Crippen LogP contribution in [0.2, 0.25) is 0 Å². The first-order chi connectivity index (χ1) is 36.2. The molecule has 8 heteroatoms. The highest BCUT2D eigenvalue weighted by Gasteiger charge is 2.23. The Labute approximate surface area is 422 Å². The third-order valence-electron chi connectivity index (χ3n) is 14.2. The van der Waals surface area contributed by atoms with Crippen molar-refractivity contribution in [2.75, 3.05) is 0 Å². The molecule has 0 aliphatic heterocycles. The molecule has 0 unspecified atom stereocenters. The van der Waals surface area contributed by atoms with Crippen LogP contribution in [-0.2, 0) is 0 Å². The Morgan fingerprint density at radius 3 is 1.52 bits per heavy atom. The fraction of sp³-hybridized carbons (Fsp3) is 0. The lowest BCUT2D eigenvalue weighted by Gasteiger charge is -2.13. The topological polar surface area (TPSA) is 74.3 Å². The van der Waals surface area contributed by atoms with Crippen LogP contribution in [0.25, 0.3) is 143 Å². The molecule has 0 aliphatic rings. The minimum absolute atomic E-state index is 0.551. The van der Waals surface area contributed by atoms with Crippen molar-refractivity contribution >= 4 is 86.7 Å². The molecule has 0 saturated heterocycles. The van der Waals surface area contributed by atoms with Crippen LogP contribution in [0, 0.1) is 0 Å². The van der Waals surface area contributed by atoms with Crippen molar-refractivity contribution in [3.63, 3.8) is 0 Å². The van der Waals surface area contributed by atoms with Gasteiger partial charge in [0.25, 0.3) is 0 Å². The van der Waals surface area contributed by atoms with E-state index in [-0.39, 0.29) is 0 Å². The Balaban J connectivity index is 0.962. The van der Waals surface area contributed by atoms with Gasteiger partial charge in [0.05, 0.1) is 33.3 Å². The lowest BCUT2D eigenvalue weighted by atomic mass is 10.0. The maximum Gasteiger partial charge on any atom is 0.238 e. The Morgan fingerprint density at radius 1 is 0.315 bits per heavy atom. The Kier molecular flexibility index (Phi) is 9.30. The predicted octanol–water partition coefficient (Wildman–Crippen LogP) is 16.7. The zero-order chi connectivity index (χ0) is 48.0. The highest BCUT2D eigenvalue weighted by Crippen LogP contribution is 2.43. The fourth-order valence-electron chi connectivity index (χ4n) is 10.8. The molecule has 0 amide bonds. The van der Waals surface area contributed by atoms with Crippen LogP contribution in [0.1, 0.15) is 0 Å². The largest absolute Gasteiger partial charge is 0.278 e. The van der Waals surface area contributed by atoms with E-state index < -0.39 is 0 Å². The molecule has 7 nitrogen and oxygen atoms in total. The SMILES string of the molecule is c1ccc(-c2nc(-c3ccccc3)nc(-n3c4cc(-c5ccc6c7ccccc7n(-c7nc(-c8ccccc8)c8c(ccc9cc(-c%10ccccc%10)sc98)n7)c6c5)ccc4c4ccc5ccccc5c43)n2)cc1. The van der Waals surface area contributed by atoms with Gasteiger partial charge in [-0.1, -0.05) is 206 Å². The predicted molar refractivity (Wildman–Crippen MR) is 302 cm³/mol. The van der Waals surface area contributed by atoms with Crippen LogP contribution >= 0.6 is 11.3 Å². The van der Waals surface area contributed by atoms with Crippen molar-refractivity contribution in [1.82, 2.24) is 34.1 Å². The summed E-state index contributed by atoms with van der Waals surface area (Å²) in [5.74, 6) is 2.39. The smallest absolute Gasteiger partial charge is 0.238 e. The number of nitrogens with zero attached hydrogens (tertiary/aromatic N) is 7. The maximum absolute atomic E-state index is 5.58. The van der Waals surface area contributed by atoms with E-state index in [0.717, 1.165) is 98.8 Å². The standard InChI is InChI=1S/C65H39N7S/c1-5-18-41(19-6-1)57-39-47-32-36-53-58(61(47)73-57)59(42-20-7-2-8-21-42)67-64(66-53)71-54-28-16-15-27-49(54)50-33-30-45(37-55(50)71)46-31-34-51-52-35-29-40-17-13-14-26-48(40)60(52)72(56(51)38-46)65-69-62(43-22-9-3-10-23-43)68-63(70-65)44-24-11-4-12-25-44/h1-39H. The van der Waals surface area contributed by atoms with Crippen LogP contribution in [0.5, 0.6) is 0 Å². The van der Waals surface area contributed by atoms with Crippen LogP contribution in [0.15, 0.2) is 237 Å². The molecule has 15 rings (SSSR count). The number of benzene rings is 10. The Bertz CT molecular complexity index is 4600. The highest BCUT2D eigenvalue weighted by atomic mass is 32.1. The molecule has 0 saturated carbocycles. The van der Waals surface area contributed by atoms with Crippen molar-refractivity contribution in [2.24, 2.45) is 0 Å². The van der Waals surface area contributed by atoms with E-state index in [2.05, 4.69) is 209 Å². The Morgan fingerprint density at radius 2 is 0.836 bits per heavy atom. The zero-order valence-electron chi connectivity index (χ0n) is 39.1. The molecule has 5 aromatic heterocycles. The van der Waals surface area contributed by atoms with E-state index in [1.165, 1.54) is 20.5 Å². The average Bonchev–Trinajstić information content (AvgIpc) is 4.17. The van der Waals surface area contributed by atoms with Gasteiger partial charge in [-0.3, -0.25) is 9.13 Å². The minimum Gasteiger partial charge on any atom is -0.278 e. The molecule has 5 heterocycles. The number of hydrogen-bond donors (Lipinski definition) is 0. The first-order valence-electron chi connectivity index (χ1n) is 24.4. The van der Waals surface area contributed by atoms with Crippen molar-refractivity contribution < 1.29 is 0 Å². The molecule has 0 spiro atoms. The van der Waals surface area contributed by atoms with Gasteiger partial charge >= 0.3 is 0 Å². The highest BCUT2D eigenvalue weighted by molar-refractivity contribution is 7.23. The number of fused-ring (bicyclic) bond motifs is 11. The van der Waals surface area contributed by atoms with Crippen molar-refractivity contribution in [1.29, 1.82) is 0 Å². The van der Waals surface area contributed by atoms with Gasteiger partial charge in [0.1, 0.15) is 0 Å². The van der Waals surface area contributed by atoms with Crippen LogP contribution in [0.3, 0.4) is 0 Å². The summed E-state index contributed by atoms with van der Waals surface area (Å²) in [5.41, 5.74) is 12.1. The zero-order valence-corrected chi connectivity index (χ0v) is 39.9. The van der Waals surface area contributed by atoms with Crippen LogP contribution in [-0.4, -0.2) is 34.1 Å². The monoisotopic (exact) mass is 949 g/mol. The maximum atomic E-state index is 5.58. The molecule has 0 atom stereocenters. The van der Waals surface area contributed by atoms with E-state index in [9.17, 15) is 0 Å². The van der Waals surface area contributed by atoms with Gasteiger partial charge in [-0.2, -0.15) is 9.97 Å². The minimum atomic E-state index is 0.551. The molecule has 10 aromatic carbocycles. The van der Waals surface area contributed by atoms with Gasteiger partial charge < -0.3 is 0 Å². The quantitative estimate of drug-likeness (QED) is 0.159. The summed E-state index contributed by atoms with van der Waals surface area (Å²) in [7, 11) is 0. The van der Waals surface area contributed by atoms with Crippen molar-refractivity contribution in [3.8, 4) is 67.5 Å². The molecule has 0 radical (unpaired) electrons. The third-order valence-corrected chi connectivity index (χ3v) is 15.4. The third kappa shape index (κ3) is 6.69. The second-order valence-corrected chi connectivity index (χ2v) is 19.5. The molecule has 0 N–H and O–H groups in total. The normalized spacial score (nSPS) is 11.8. The van der Waals surface area contributed by atoms with Gasteiger partial charge in [-0.15, -0.1) is 11.3 Å². The van der Waals surface area contributed by atoms with Gasteiger partial charge in [0.2, 0.25) is 11.9 Å². The average molecular weight is 950 g/mol. The van der Waals surface area contributed by atoms with Crippen molar-refractivity contribution in [2.45, 2.75) is 0 Å². The molecular weight excluding hydrogens is 911 g/mol. The summed E-state index contributed by atoms with van der Waals surface area (Å²) >= 11 is 1.80. The molecule has 0 bridgehead atoms. The summed E-state index contributed by atoms with van der Waals surface area (Å²) in [6.07, 6.45) is 0. The second-order valence-electron chi connectivity index (χ2n) is 18.4. The van der Waals surface area contributed by atoms with E-state index in [1.54, 1.807) is 11.3 Å². The number of thiophene rings is 1. The molecular formula is C65H39N7S. The lowest BCUT2D eigenvalue weighted by molar-refractivity contribution is 0.955. The lowest BCUT2D eigenvalue weighted by Crippen LogP contribution is -2.06. The molecule has 73 heavy (non-hydrogen) atoms. The molecule has 0 fully saturated rings. The number of rotatable bonds is 7. The van der Waals surface area contributed by atoms with Crippen LogP contribution < -0.4 is 0 Å². The molecule has 0 aliphatic carbocycles. The van der Waals surface area contributed by atoms with Gasteiger partial charge in [0, 0.05) is 58.6 Å². The first kappa shape index (κ1) is 41.2. The van der Waals surface area contributed by atoms with Gasteiger partial charge in [0.15, 0.2) is 11.6 Å². The van der Waals surface area contributed by atoms with E-state index in [0.29, 0.717) is 23.5 Å². The second kappa shape index (κ2) is 16.5. The summed E-state index contributed by atoms with van der Waals surface area (Å²) in [6, 6.07) is 83.3. The van der Waals surface area contributed by atoms with Crippen LogP contribution in [0.4, 0.5) is 0 Å². The Hall–Kier alpha value is -9.63.